The molecule has 3 rings (SSSR count). The first-order chi connectivity index (χ1) is 13.9. The highest BCUT2D eigenvalue weighted by molar-refractivity contribution is 5.81. The van der Waals surface area contributed by atoms with Crippen LogP contribution >= 0.6 is 0 Å². The quantitative estimate of drug-likeness (QED) is 0.658. The molecule has 0 fully saturated rings. The van der Waals surface area contributed by atoms with E-state index in [0.717, 1.165) is 41.9 Å². The number of hydrogen-bond donors (Lipinski definition) is 1. The summed E-state index contributed by atoms with van der Waals surface area (Å²) in [6.07, 6.45) is 2.66. The predicted molar refractivity (Wildman–Crippen MR) is 117 cm³/mol. The molecule has 0 saturated carbocycles. The molecule has 2 aromatic carbocycles. The van der Waals surface area contributed by atoms with E-state index in [4.69, 9.17) is 9.47 Å². The average molecular weight is 396 g/mol. The summed E-state index contributed by atoms with van der Waals surface area (Å²) >= 11 is 0. The number of amides is 1. The maximum atomic E-state index is 13.1. The summed E-state index contributed by atoms with van der Waals surface area (Å²) in [5.74, 6) is 1.53. The number of aryl methyl sites for hydroxylation is 2. The van der Waals surface area contributed by atoms with E-state index in [1.165, 1.54) is 5.56 Å². The summed E-state index contributed by atoms with van der Waals surface area (Å²) in [6, 6.07) is 13.9. The van der Waals surface area contributed by atoms with Gasteiger partial charge in [0.05, 0.1) is 6.04 Å². The maximum absolute atomic E-state index is 13.1. The Balaban J connectivity index is 1.79. The van der Waals surface area contributed by atoms with Gasteiger partial charge >= 0.3 is 0 Å². The first kappa shape index (κ1) is 21.2. The molecule has 4 heteroatoms. The van der Waals surface area contributed by atoms with Gasteiger partial charge in [-0.2, -0.15) is 0 Å². The first-order valence-electron chi connectivity index (χ1n) is 10.7. The zero-order valence-corrected chi connectivity index (χ0v) is 18.2. The highest BCUT2D eigenvalue weighted by atomic mass is 16.5. The van der Waals surface area contributed by atoms with E-state index < -0.39 is 6.10 Å². The SMILES string of the molecule is CCC(Oc1ccc(C)c(C)c1)C(=O)NC1CC(CC)(CC)Oc2ccccc21. The zero-order valence-electron chi connectivity index (χ0n) is 18.2. The van der Waals surface area contributed by atoms with Gasteiger partial charge in [-0.25, -0.2) is 0 Å². The van der Waals surface area contributed by atoms with Crippen molar-refractivity contribution in [2.45, 2.75) is 78.0 Å². The van der Waals surface area contributed by atoms with Crippen molar-refractivity contribution in [1.29, 1.82) is 0 Å². The number of rotatable bonds is 7. The number of ether oxygens (including phenoxy) is 2. The summed E-state index contributed by atoms with van der Waals surface area (Å²) < 4.78 is 12.4. The van der Waals surface area contributed by atoms with Crippen molar-refractivity contribution in [3.63, 3.8) is 0 Å². The lowest BCUT2D eigenvalue weighted by atomic mass is 9.83. The largest absolute Gasteiger partial charge is 0.487 e. The monoisotopic (exact) mass is 395 g/mol. The van der Waals surface area contributed by atoms with Crippen molar-refractivity contribution in [2.75, 3.05) is 0 Å². The highest BCUT2D eigenvalue weighted by Gasteiger charge is 2.39. The standard InChI is InChI=1S/C25H33NO3/c1-6-22(28-19-14-13-17(4)18(5)15-19)24(27)26-21-16-25(7-2,8-3)29-23-12-10-9-11-20(21)23/h9-15,21-22H,6-8,16H2,1-5H3,(H,26,27). The van der Waals surface area contributed by atoms with Crippen LogP contribution in [0.3, 0.4) is 0 Å². The second-order valence-corrected chi connectivity index (χ2v) is 8.06. The van der Waals surface area contributed by atoms with E-state index in [1.54, 1.807) is 0 Å². The lowest BCUT2D eigenvalue weighted by Crippen LogP contribution is -2.47. The summed E-state index contributed by atoms with van der Waals surface area (Å²) in [5.41, 5.74) is 3.17. The molecular formula is C25H33NO3. The molecule has 1 amide bonds. The second-order valence-electron chi connectivity index (χ2n) is 8.06. The van der Waals surface area contributed by atoms with E-state index in [-0.39, 0.29) is 17.6 Å². The summed E-state index contributed by atoms with van der Waals surface area (Å²) in [4.78, 5) is 13.1. The fraction of sp³-hybridized carbons (Fsp3) is 0.480. The van der Waals surface area contributed by atoms with Gasteiger partial charge in [-0.3, -0.25) is 4.79 Å². The molecule has 156 valence electrons. The number of carbonyl (C=O) groups excluding carboxylic acids is 1. The van der Waals surface area contributed by atoms with Crippen LogP contribution < -0.4 is 14.8 Å². The van der Waals surface area contributed by atoms with Gasteiger partial charge in [-0.1, -0.05) is 45.0 Å². The van der Waals surface area contributed by atoms with E-state index in [1.807, 2.05) is 49.4 Å². The number of hydrogen-bond acceptors (Lipinski definition) is 3. The van der Waals surface area contributed by atoms with Crippen LogP contribution in [0, 0.1) is 13.8 Å². The lowest BCUT2D eigenvalue weighted by Gasteiger charge is -2.42. The van der Waals surface area contributed by atoms with Gasteiger partial charge in [-0.05, 0) is 62.4 Å². The summed E-state index contributed by atoms with van der Waals surface area (Å²) in [7, 11) is 0. The molecule has 0 bridgehead atoms. The molecule has 0 saturated heterocycles. The van der Waals surface area contributed by atoms with Gasteiger partial charge in [-0.15, -0.1) is 0 Å². The Morgan fingerprint density at radius 1 is 1.14 bits per heavy atom. The lowest BCUT2D eigenvalue weighted by molar-refractivity contribution is -0.129. The van der Waals surface area contributed by atoms with Crippen molar-refractivity contribution >= 4 is 5.91 Å². The Bertz CT molecular complexity index is 857. The number of fused-ring (bicyclic) bond motifs is 1. The maximum Gasteiger partial charge on any atom is 0.261 e. The van der Waals surface area contributed by atoms with E-state index in [2.05, 4.69) is 33.0 Å². The molecule has 1 heterocycles. The number of benzene rings is 2. The molecule has 29 heavy (non-hydrogen) atoms. The highest BCUT2D eigenvalue weighted by Crippen LogP contribution is 2.42. The van der Waals surface area contributed by atoms with Crippen LogP contribution in [0.5, 0.6) is 11.5 Å². The molecule has 2 unspecified atom stereocenters. The third-order valence-corrected chi connectivity index (χ3v) is 6.22. The number of nitrogens with one attached hydrogen (secondary N) is 1. The first-order valence-corrected chi connectivity index (χ1v) is 10.7. The third-order valence-electron chi connectivity index (χ3n) is 6.22. The Hall–Kier alpha value is -2.49. The van der Waals surface area contributed by atoms with Crippen molar-refractivity contribution in [1.82, 2.24) is 5.32 Å². The van der Waals surface area contributed by atoms with Crippen LogP contribution in [0.1, 0.15) is 69.2 Å². The molecule has 1 aliphatic heterocycles. The number of carbonyl (C=O) groups is 1. The van der Waals surface area contributed by atoms with Gasteiger partial charge in [0.15, 0.2) is 6.10 Å². The molecule has 0 radical (unpaired) electrons. The predicted octanol–water partition coefficient (Wildman–Crippen LogP) is 5.66. The molecule has 2 atom stereocenters. The van der Waals surface area contributed by atoms with Gasteiger partial charge in [0.1, 0.15) is 17.1 Å². The van der Waals surface area contributed by atoms with Crippen molar-refractivity contribution in [2.24, 2.45) is 0 Å². The molecule has 2 aromatic rings. The summed E-state index contributed by atoms with van der Waals surface area (Å²) in [6.45, 7) is 10.4. The van der Waals surface area contributed by atoms with Crippen LogP contribution in [0.15, 0.2) is 42.5 Å². The van der Waals surface area contributed by atoms with Gasteiger partial charge < -0.3 is 14.8 Å². The fourth-order valence-electron chi connectivity index (χ4n) is 3.97. The van der Waals surface area contributed by atoms with Crippen molar-refractivity contribution in [3.05, 3.63) is 59.2 Å². The van der Waals surface area contributed by atoms with Crippen molar-refractivity contribution in [3.8, 4) is 11.5 Å². The van der Waals surface area contributed by atoms with Crippen LogP contribution in [-0.2, 0) is 4.79 Å². The molecule has 1 N–H and O–H groups in total. The second kappa shape index (κ2) is 8.89. The van der Waals surface area contributed by atoms with Crippen LogP contribution in [0.25, 0.3) is 0 Å². The van der Waals surface area contributed by atoms with Crippen LogP contribution in [0.2, 0.25) is 0 Å². The van der Waals surface area contributed by atoms with Crippen LogP contribution in [-0.4, -0.2) is 17.6 Å². The Morgan fingerprint density at radius 2 is 1.86 bits per heavy atom. The van der Waals surface area contributed by atoms with Crippen LogP contribution in [0.4, 0.5) is 0 Å². The summed E-state index contributed by atoms with van der Waals surface area (Å²) in [5, 5.41) is 3.25. The molecule has 0 aliphatic carbocycles. The van der Waals surface area contributed by atoms with E-state index in [0.29, 0.717) is 6.42 Å². The Labute approximate surface area is 174 Å². The normalized spacial score (nSPS) is 18.3. The molecular weight excluding hydrogens is 362 g/mol. The Morgan fingerprint density at radius 3 is 2.52 bits per heavy atom. The molecule has 4 nitrogen and oxygen atoms in total. The van der Waals surface area contributed by atoms with Gasteiger partial charge in [0.2, 0.25) is 0 Å². The minimum Gasteiger partial charge on any atom is -0.487 e. The number of para-hydroxylation sites is 1. The topological polar surface area (TPSA) is 47.6 Å². The smallest absolute Gasteiger partial charge is 0.261 e. The van der Waals surface area contributed by atoms with Gasteiger partial charge in [0, 0.05) is 12.0 Å². The van der Waals surface area contributed by atoms with E-state index >= 15 is 0 Å². The fourth-order valence-corrected chi connectivity index (χ4v) is 3.97. The molecule has 0 spiro atoms. The minimum absolute atomic E-state index is 0.0754. The van der Waals surface area contributed by atoms with Gasteiger partial charge in [0.25, 0.3) is 5.91 Å². The average Bonchev–Trinajstić information content (AvgIpc) is 2.74. The molecule has 1 aliphatic rings. The zero-order chi connectivity index (χ0) is 21.0. The van der Waals surface area contributed by atoms with E-state index in [9.17, 15) is 4.79 Å². The third kappa shape index (κ3) is 4.58. The Kier molecular flexibility index (Phi) is 6.51. The van der Waals surface area contributed by atoms with Crippen molar-refractivity contribution < 1.29 is 14.3 Å². The minimum atomic E-state index is -0.523. The molecule has 0 aromatic heterocycles.